The normalized spacial score (nSPS) is 34.1. The van der Waals surface area contributed by atoms with Crippen molar-refractivity contribution in [2.75, 3.05) is 7.11 Å². The van der Waals surface area contributed by atoms with Gasteiger partial charge in [-0.1, -0.05) is 19.4 Å². The van der Waals surface area contributed by atoms with Crippen molar-refractivity contribution >= 4 is 23.6 Å². The van der Waals surface area contributed by atoms with Gasteiger partial charge in [-0.05, 0) is 74.2 Å². The second kappa shape index (κ2) is 10.9. The number of aromatic amines is 1. The van der Waals surface area contributed by atoms with E-state index in [1.54, 1.807) is 6.20 Å². The van der Waals surface area contributed by atoms with Crippen LogP contribution in [0.2, 0.25) is 0 Å². The predicted molar refractivity (Wildman–Crippen MR) is 142 cm³/mol. The van der Waals surface area contributed by atoms with E-state index >= 15 is 0 Å². The van der Waals surface area contributed by atoms with Crippen LogP contribution in [0.15, 0.2) is 24.2 Å². The first kappa shape index (κ1) is 27.6. The van der Waals surface area contributed by atoms with Gasteiger partial charge in [-0.2, -0.15) is 0 Å². The lowest BCUT2D eigenvalue weighted by atomic mass is 9.47. The van der Waals surface area contributed by atoms with Crippen LogP contribution in [0.3, 0.4) is 0 Å². The molecular formula is C30H41N3O6. The van der Waals surface area contributed by atoms with Crippen LogP contribution in [0.5, 0.6) is 0 Å². The van der Waals surface area contributed by atoms with Gasteiger partial charge in [0.25, 0.3) is 0 Å². The molecule has 1 amide bonds. The molecule has 0 radical (unpaired) electrons. The summed E-state index contributed by atoms with van der Waals surface area (Å²) in [6.45, 7) is 4.67. The number of hydrogen-bond donors (Lipinski definition) is 2. The summed E-state index contributed by atoms with van der Waals surface area (Å²) < 4.78 is 10.9. The highest BCUT2D eigenvalue weighted by Crippen LogP contribution is 2.65. The fourth-order valence-corrected chi connectivity index (χ4v) is 8.36. The zero-order chi connectivity index (χ0) is 27.8. The van der Waals surface area contributed by atoms with Crippen LogP contribution >= 0.6 is 0 Å². The quantitative estimate of drug-likeness (QED) is 0.481. The third-order valence-corrected chi connectivity index (χ3v) is 10.5. The molecule has 2 N–H and O–H groups in total. The second-order valence-corrected chi connectivity index (χ2v) is 12.5. The number of nitrogens with zero attached hydrogens (tertiary/aromatic N) is 1. The zero-order valence-electron chi connectivity index (χ0n) is 23.3. The Morgan fingerprint density at radius 2 is 1.92 bits per heavy atom. The SMILES string of the molecule is COC(=O)[C@H](Cc1cnc[nH]1)NC(=O)CCC(=O)O[C@H]1CC[C@H]2[C@@H]3CCC4=CC(=O)CC[C@]4(C)[C@H]3CC[C@]12C. The van der Waals surface area contributed by atoms with Crippen LogP contribution in [0.4, 0.5) is 0 Å². The van der Waals surface area contributed by atoms with Crippen molar-refractivity contribution in [1.29, 1.82) is 0 Å². The lowest BCUT2D eigenvalue weighted by molar-refractivity contribution is -0.160. The summed E-state index contributed by atoms with van der Waals surface area (Å²) in [5.41, 5.74) is 2.13. The average molecular weight is 540 g/mol. The van der Waals surface area contributed by atoms with E-state index in [1.807, 2.05) is 6.08 Å². The number of hydrogen-bond acceptors (Lipinski definition) is 7. The first-order chi connectivity index (χ1) is 18.6. The van der Waals surface area contributed by atoms with Crippen LogP contribution in [0.1, 0.15) is 83.7 Å². The van der Waals surface area contributed by atoms with E-state index < -0.39 is 17.9 Å². The Morgan fingerprint density at radius 3 is 2.67 bits per heavy atom. The minimum Gasteiger partial charge on any atom is -0.467 e. The maximum absolute atomic E-state index is 12.9. The highest BCUT2D eigenvalue weighted by molar-refractivity contribution is 5.91. The van der Waals surface area contributed by atoms with Crippen LogP contribution in [0.25, 0.3) is 0 Å². The lowest BCUT2D eigenvalue weighted by Crippen LogP contribution is -2.51. The Balaban J connectivity index is 1.15. The van der Waals surface area contributed by atoms with Gasteiger partial charge in [0.05, 0.1) is 19.9 Å². The van der Waals surface area contributed by atoms with Gasteiger partial charge in [0.15, 0.2) is 5.78 Å². The number of H-pyrrole nitrogens is 1. The molecule has 4 aliphatic carbocycles. The van der Waals surface area contributed by atoms with Gasteiger partial charge < -0.3 is 19.8 Å². The summed E-state index contributed by atoms with van der Waals surface area (Å²) in [4.78, 5) is 56.5. The number of imidazole rings is 1. The molecule has 3 fully saturated rings. The van der Waals surface area contributed by atoms with Crippen LogP contribution < -0.4 is 5.32 Å². The highest BCUT2D eigenvalue weighted by atomic mass is 16.5. The number of allylic oxidation sites excluding steroid dienone is 1. The molecule has 3 saturated carbocycles. The number of nitrogens with one attached hydrogen (secondary N) is 2. The number of ketones is 1. The van der Waals surface area contributed by atoms with Crippen molar-refractivity contribution in [3.05, 3.63) is 29.9 Å². The fraction of sp³-hybridized carbons (Fsp3) is 0.700. The van der Waals surface area contributed by atoms with Crippen LogP contribution in [-0.2, 0) is 35.1 Å². The number of fused-ring (bicyclic) bond motifs is 5. The third kappa shape index (κ3) is 5.29. The van der Waals surface area contributed by atoms with Crippen molar-refractivity contribution in [2.24, 2.45) is 28.6 Å². The topological polar surface area (TPSA) is 127 Å². The Morgan fingerprint density at radius 1 is 1.10 bits per heavy atom. The minimum atomic E-state index is -0.862. The van der Waals surface area contributed by atoms with E-state index in [4.69, 9.17) is 9.47 Å². The molecule has 1 aromatic rings. The molecule has 0 bridgehead atoms. The zero-order valence-corrected chi connectivity index (χ0v) is 23.3. The highest BCUT2D eigenvalue weighted by Gasteiger charge is 2.60. The molecule has 7 atom stereocenters. The molecule has 9 heteroatoms. The average Bonchev–Trinajstić information content (AvgIpc) is 3.54. The number of ether oxygens (including phenoxy) is 2. The number of methoxy groups -OCH3 is 1. The molecule has 1 heterocycles. The molecule has 9 nitrogen and oxygen atoms in total. The molecule has 212 valence electrons. The summed E-state index contributed by atoms with van der Waals surface area (Å²) in [6, 6.07) is -0.862. The van der Waals surface area contributed by atoms with Gasteiger partial charge in [0.2, 0.25) is 5.91 Å². The molecule has 4 aliphatic rings. The number of carbonyl (C=O) groups excluding carboxylic acids is 4. The van der Waals surface area contributed by atoms with E-state index in [1.165, 1.54) is 19.0 Å². The number of esters is 2. The minimum absolute atomic E-state index is 0.0344. The van der Waals surface area contributed by atoms with Gasteiger partial charge in [0, 0.05) is 36.6 Å². The van der Waals surface area contributed by atoms with Gasteiger partial charge in [-0.25, -0.2) is 9.78 Å². The number of aromatic nitrogens is 2. The lowest BCUT2D eigenvalue weighted by Gasteiger charge is -2.57. The van der Waals surface area contributed by atoms with E-state index in [0.29, 0.717) is 29.9 Å². The molecule has 0 spiro atoms. The maximum Gasteiger partial charge on any atom is 0.328 e. The summed E-state index contributed by atoms with van der Waals surface area (Å²) in [5.74, 6) is 0.653. The molecule has 0 unspecified atom stereocenters. The molecule has 0 aromatic carbocycles. The third-order valence-electron chi connectivity index (χ3n) is 10.5. The fourth-order valence-electron chi connectivity index (χ4n) is 8.36. The number of rotatable bonds is 8. The Kier molecular flexibility index (Phi) is 7.71. The summed E-state index contributed by atoms with van der Waals surface area (Å²) >= 11 is 0. The smallest absolute Gasteiger partial charge is 0.328 e. The summed E-state index contributed by atoms with van der Waals surface area (Å²) in [5, 5.41) is 2.67. The first-order valence-electron chi connectivity index (χ1n) is 14.4. The largest absolute Gasteiger partial charge is 0.467 e. The van der Waals surface area contributed by atoms with Crippen molar-refractivity contribution in [1.82, 2.24) is 15.3 Å². The van der Waals surface area contributed by atoms with Crippen molar-refractivity contribution in [2.45, 2.75) is 96.6 Å². The van der Waals surface area contributed by atoms with Gasteiger partial charge in [-0.3, -0.25) is 14.4 Å². The Hall–Kier alpha value is -2.97. The van der Waals surface area contributed by atoms with Gasteiger partial charge >= 0.3 is 11.9 Å². The number of carbonyl (C=O) groups is 4. The van der Waals surface area contributed by atoms with Crippen molar-refractivity contribution < 1.29 is 28.7 Å². The summed E-state index contributed by atoms with van der Waals surface area (Å²) in [6.07, 6.45) is 12.8. The van der Waals surface area contributed by atoms with Gasteiger partial charge in [0.1, 0.15) is 12.1 Å². The molecule has 39 heavy (non-hydrogen) atoms. The maximum atomic E-state index is 12.9. The Bertz CT molecular complexity index is 1150. The molecular weight excluding hydrogens is 498 g/mol. The van der Waals surface area contributed by atoms with E-state index in [0.717, 1.165) is 44.9 Å². The Labute approximate surface area is 229 Å². The standard InChI is InChI=1S/C30H41N3O6/c1-29-12-10-20(34)14-18(29)4-5-21-22-6-7-25(30(22,2)13-11-23(21)29)39-27(36)9-8-26(35)33-24(28(37)38-3)15-19-16-31-17-32-19/h14,16-17,21-25H,4-13,15H2,1-3H3,(H,31,32)(H,33,35)/t21-,22-,23-,24-,25-,29-,30-/m0/s1. The van der Waals surface area contributed by atoms with Crippen LogP contribution in [0, 0.1) is 28.6 Å². The molecule has 1 aromatic heterocycles. The van der Waals surface area contributed by atoms with E-state index in [2.05, 4.69) is 29.1 Å². The molecule has 0 aliphatic heterocycles. The first-order valence-corrected chi connectivity index (χ1v) is 14.4. The van der Waals surface area contributed by atoms with Crippen molar-refractivity contribution in [3.8, 4) is 0 Å². The van der Waals surface area contributed by atoms with Crippen molar-refractivity contribution in [3.63, 3.8) is 0 Å². The van der Waals surface area contributed by atoms with Gasteiger partial charge in [-0.15, -0.1) is 0 Å². The van der Waals surface area contributed by atoms with E-state index in [-0.39, 0.29) is 47.9 Å². The number of amides is 1. The molecule has 5 rings (SSSR count). The molecule has 0 saturated heterocycles. The monoisotopic (exact) mass is 539 g/mol. The predicted octanol–water partition coefficient (Wildman–Crippen LogP) is 3.83. The van der Waals surface area contributed by atoms with Crippen LogP contribution in [-0.4, -0.2) is 52.9 Å². The summed E-state index contributed by atoms with van der Waals surface area (Å²) in [7, 11) is 1.27. The van der Waals surface area contributed by atoms with E-state index in [9.17, 15) is 19.2 Å². The second-order valence-electron chi connectivity index (χ2n) is 12.5.